The topological polar surface area (TPSA) is 52.6 Å². The molecule has 1 rings (SSSR count). The summed E-state index contributed by atoms with van der Waals surface area (Å²) >= 11 is 0. The Bertz CT molecular complexity index is 346. The molecule has 0 heterocycles. The number of ether oxygens (including phenoxy) is 2. The van der Waals surface area contributed by atoms with Crippen LogP contribution in [0, 0.1) is 0 Å². The summed E-state index contributed by atoms with van der Waals surface area (Å²) in [5.41, 5.74) is 0.486. The van der Waals surface area contributed by atoms with Gasteiger partial charge in [-0.05, 0) is 12.1 Å². The molecule has 15 heavy (non-hydrogen) atoms. The normalized spacial score (nSPS) is 9.40. The largest absolute Gasteiger partial charge is 0.489 e. The Balaban J connectivity index is 2.43. The highest BCUT2D eigenvalue weighted by molar-refractivity contribution is 5.79. The first-order valence-corrected chi connectivity index (χ1v) is 4.54. The summed E-state index contributed by atoms with van der Waals surface area (Å²) in [6.45, 7) is 1.76. The van der Waals surface area contributed by atoms with Gasteiger partial charge in [-0.15, -0.1) is 0 Å². The van der Waals surface area contributed by atoms with E-state index < -0.39 is 0 Å². The highest BCUT2D eigenvalue weighted by Gasteiger charge is 2.01. The number of carbonyl (C=O) groups is 2. The zero-order chi connectivity index (χ0) is 11.1. The Morgan fingerprint density at radius 3 is 2.73 bits per heavy atom. The van der Waals surface area contributed by atoms with Crippen molar-refractivity contribution in [1.82, 2.24) is 0 Å². The van der Waals surface area contributed by atoms with Gasteiger partial charge in [-0.2, -0.15) is 0 Å². The van der Waals surface area contributed by atoms with E-state index in [1.165, 1.54) is 6.92 Å². The van der Waals surface area contributed by atoms with Crippen LogP contribution in [0.25, 0.3) is 0 Å². The molecule has 0 N–H and O–H groups in total. The van der Waals surface area contributed by atoms with Crippen molar-refractivity contribution in [2.75, 3.05) is 13.2 Å². The van der Waals surface area contributed by atoms with Crippen molar-refractivity contribution in [2.45, 2.75) is 6.92 Å². The van der Waals surface area contributed by atoms with Crippen molar-refractivity contribution in [3.8, 4) is 5.75 Å². The second-order valence-electron chi connectivity index (χ2n) is 2.84. The van der Waals surface area contributed by atoms with Crippen LogP contribution in [0.2, 0.25) is 0 Å². The standard InChI is InChI=1S/C11H12O4/c1-9(13)14-6-7-15-11-5-3-2-4-10(11)8-12/h2-5,8H,6-7H2,1H3. The molecule has 4 nitrogen and oxygen atoms in total. The van der Waals surface area contributed by atoms with Crippen molar-refractivity contribution in [1.29, 1.82) is 0 Å². The van der Waals surface area contributed by atoms with Gasteiger partial charge in [-0.1, -0.05) is 12.1 Å². The van der Waals surface area contributed by atoms with Gasteiger partial charge in [0.1, 0.15) is 19.0 Å². The van der Waals surface area contributed by atoms with Crippen molar-refractivity contribution in [2.24, 2.45) is 0 Å². The van der Waals surface area contributed by atoms with E-state index in [0.29, 0.717) is 11.3 Å². The SMILES string of the molecule is CC(=O)OCCOc1ccccc1C=O. The van der Waals surface area contributed by atoms with Crippen LogP contribution >= 0.6 is 0 Å². The molecule has 0 spiro atoms. The van der Waals surface area contributed by atoms with E-state index in [-0.39, 0.29) is 19.2 Å². The minimum atomic E-state index is -0.345. The first-order chi connectivity index (χ1) is 7.24. The summed E-state index contributed by atoms with van der Waals surface area (Å²) in [5, 5.41) is 0. The summed E-state index contributed by atoms with van der Waals surface area (Å²) in [6, 6.07) is 6.88. The van der Waals surface area contributed by atoms with Gasteiger partial charge in [0.05, 0.1) is 5.56 Å². The van der Waals surface area contributed by atoms with Gasteiger partial charge < -0.3 is 9.47 Å². The second-order valence-corrected chi connectivity index (χ2v) is 2.84. The van der Waals surface area contributed by atoms with E-state index in [0.717, 1.165) is 6.29 Å². The van der Waals surface area contributed by atoms with E-state index in [4.69, 9.17) is 4.74 Å². The molecule has 80 valence electrons. The number of esters is 1. The van der Waals surface area contributed by atoms with Crippen molar-refractivity contribution >= 4 is 12.3 Å². The predicted molar refractivity (Wildman–Crippen MR) is 54.0 cm³/mol. The number of benzene rings is 1. The van der Waals surface area contributed by atoms with Crippen molar-refractivity contribution in [3.05, 3.63) is 29.8 Å². The molecule has 0 atom stereocenters. The molecule has 0 unspecified atom stereocenters. The molecule has 0 amide bonds. The van der Waals surface area contributed by atoms with Crippen molar-refractivity contribution in [3.63, 3.8) is 0 Å². The van der Waals surface area contributed by atoms with E-state index in [1.54, 1.807) is 24.3 Å². The number of aldehydes is 1. The molecular formula is C11H12O4. The van der Waals surface area contributed by atoms with Crippen LogP contribution in [-0.2, 0) is 9.53 Å². The minimum Gasteiger partial charge on any atom is -0.489 e. The third-order valence-electron chi connectivity index (χ3n) is 1.69. The fourth-order valence-corrected chi connectivity index (χ4v) is 1.05. The molecular weight excluding hydrogens is 196 g/mol. The van der Waals surface area contributed by atoms with Gasteiger partial charge in [0.25, 0.3) is 0 Å². The molecule has 0 saturated carbocycles. The molecule has 0 aromatic heterocycles. The van der Waals surface area contributed by atoms with Gasteiger partial charge >= 0.3 is 5.97 Å². The minimum absolute atomic E-state index is 0.183. The first kappa shape index (κ1) is 11.2. The Kier molecular flexibility index (Phi) is 4.34. The number of rotatable bonds is 5. The quantitative estimate of drug-likeness (QED) is 0.417. The monoisotopic (exact) mass is 208 g/mol. The summed E-state index contributed by atoms with van der Waals surface area (Å²) in [7, 11) is 0. The van der Waals surface area contributed by atoms with Gasteiger partial charge in [0, 0.05) is 6.92 Å². The van der Waals surface area contributed by atoms with E-state index in [1.807, 2.05) is 0 Å². The maximum Gasteiger partial charge on any atom is 0.302 e. The van der Waals surface area contributed by atoms with Crippen LogP contribution in [0.5, 0.6) is 5.75 Å². The van der Waals surface area contributed by atoms with E-state index in [9.17, 15) is 9.59 Å². The fraction of sp³-hybridized carbons (Fsp3) is 0.273. The highest BCUT2D eigenvalue weighted by atomic mass is 16.6. The van der Waals surface area contributed by atoms with Gasteiger partial charge in [0.2, 0.25) is 0 Å². The zero-order valence-electron chi connectivity index (χ0n) is 8.43. The number of hydrogen-bond acceptors (Lipinski definition) is 4. The lowest BCUT2D eigenvalue weighted by molar-refractivity contribution is -0.141. The van der Waals surface area contributed by atoms with Crippen LogP contribution < -0.4 is 4.74 Å². The third-order valence-corrected chi connectivity index (χ3v) is 1.69. The molecule has 0 radical (unpaired) electrons. The molecule has 0 saturated heterocycles. The molecule has 4 heteroatoms. The smallest absolute Gasteiger partial charge is 0.302 e. The number of hydrogen-bond donors (Lipinski definition) is 0. The average Bonchev–Trinajstić information content (AvgIpc) is 2.24. The van der Waals surface area contributed by atoms with Crippen LogP contribution in [0.1, 0.15) is 17.3 Å². The molecule has 0 fully saturated rings. The lowest BCUT2D eigenvalue weighted by Crippen LogP contribution is -2.10. The van der Waals surface area contributed by atoms with Crippen LogP contribution in [0.15, 0.2) is 24.3 Å². The third kappa shape index (κ3) is 3.81. The molecule has 0 aliphatic heterocycles. The maximum absolute atomic E-state index is 10.6. The molecule has 0 aliphatic carbocycles. The Hall–Kier alpha value is -1.84. The lowest BCUT2D eigenvalue weighted by Gasteiger charge is -2.07. The summed E-state index contributed by atoms with van der Waals surface area (Å²) in [6.07, 6.45) is 0.723. The van der Waals surface area contributed by atoms with E-state index in [2.05, 4.69) is 4.74 Å². The van der Waals surface area contributed by atoms with Gasteiger partial charge in [-0.25, -0.2) is 0 Å². The van der Waals surface area contributed by atoms with Crippen molar-refractivity contribution < 1.29 is 19.1 Å². The average molecular weight is 208 g/mol. The molecule has 1 aromatic carbocycles. The molecule has 1 aromatic rings. The lowest BCUT2D eigenvalue weighted by atomic mass is 10.2. The Labute approximate surface area is 87.8 Å². The van der Waals surface area contributed by atoms with Crippen LogP contribution in [0.3, 0.4) is 0 Å². The molecule has 0 bridgehead atoms. The summed E-state index contributed by atoms with van der Waals surface area (Å²) in [4.78, 5) is 21.0. The maximum atomic E-state index is 10.6. The first-order valence-electron chi connectivity index (χ1n) is 4.54. The van der Waals surface area contributed by atoms with Gasteiger partial charge in [0.15, 0.2) is 6.29 Å². The summed E-state index contributed by atoms with van der Waals surface area (Å²) in [5.74, 6) is 0.155. The Morgan fingerprint density at radius 2 is 2.07 bits per heavy atom. The van der Waals surface area contributed by atoms with Crippen LogP contribution in [0.4, 0.5) is 0 Å². The van der Waals surface area contributed by atoms with Gasteiger partial charge in [-0.3, -0.25) is 9.59 Å². The fourth-order valence-electron chi connectivity index (χ4n) is 1.05. The summed E-state index contributed by atoms with van der Waals surface area (Å²) < 4.78 is 9.95. The van der Waals surface area contributed by atoms with Crippen LogP contribution in [-0.4, -0.2) is 25.5 Å². The molecule has 0 aliphatic rings. The zero-order valence-corrected chi connectivity index (χ0v) is 8.43. The Morgan fingerprint density at radius 1 is 1.33 bits per heavy atom. The number of carbonyl (C=O) groups excluding carboxylic acids is 2. The predicted octanol–water partition coefficient (Wildman–Crippen LogP) is 1.44. The number of para-hydroxylation sites is 1. The highest BCUT2D eigenvalue weighted by Crippen LogP contribution is 2.15. The second kappa shape index (κ2) is 5.80. The van der Waals surface area contributed by atoms with E-state index >= 15 is 0 Å².